The molecule has 0 spiro atoms. The van der Waals surface area contributed by atoms with Crippen molar-refractivity contribution in [3.8, 4) is 0 Å². The second-order valence-corrected chi connectivity index (χ2v) is 5.75. The highest BCUT2D eigenvalue weighted by atomic mass is 19.1. The minimum absolute atomic E-state index is 0.119. The van der Waals surface area contributed by atoms with Gasteiger partial charge in [-0.2, -0.15) is 0 Å². The summed E-state index contributed by atoms with van der Waals surface area (Å²) in [6.07, 6.45) is -1.17. The first-order valence-electron chi connectivity index (χ1n) is 7.60. The molecule has 130 valence electrons. The first-order chi connectivity index (χ1) is 12.5. The first-order valence-corrected chi connectivity index (χ1v) is 7.60. The van der Waals surface area contributed by atoms with E-state index in [1.165, 1.54) is 42.5 Å². The number of benzene rings is 2. The van der Waals surface area contributed by atoms with Crippen LogP contribution < -0.4 is 4.90 Å². The van der Waals surface area contributed by atoms with Crippen molar-refractivity contribution in [3.05, 3.63) is 70.0 Å². The van der Waals surface area contributed by atoms with Gasteiger partial charge < -0.3 is 4.84 Å². The molecule has 2 heterocycles. The van der Waals surface area contributed by atoms with Gasteiger partial charge in [0.1, 0.15) is 17.4 Å². The van der Waals surface area contributed by atoms with Crippen LogP contribution in [0.25, 0.3) is 0 Å². The minimum atomic E-state index is -1.17. The SMILES string of the molecule is O=C1[C@@H]2C(c3ccc([N+](=O)[O-])cc3)=NO[C@H]2C(=O)N1c1ccccc1F. The normalized spacial score (nSPS) is 21.4. The Morgan fingerprint density at radius 1 is 1.08 bits per heavy atom. The lowest BCUT2D eigenvalue weighted by molar-refractivity contribution is -0.384. The van der Waals surface area contributed by atoms with Crippen molar-refractivity contribution in [2.24, 2.45) is 11.1 Å². The molecule has 2 aliphatic heterocycles. The van der Waals surface area contributed by atoms with Crippen LogP contribution in [0.1, 0.15) is 5.56 Å². The maximum absolute atomic E-state index is 14.0. The van der Waals surface area contributed by atoms with Crippen molar-refractivity contribution >= 4 is 28.9 Å². The van der Waals surface area contributed by atoms with Crippen LogP contribution in [0.3, 0.4) is 0 Å². The monoisotopic (exact) mass is 355 g/mol. The smallest absolute Gasteiger partial charge is 0.279 e. The fourth-order valence-electron chi connectivity index (χ4n) is 3.04. The van der Waals surface area contributed by atoms with E-state index in [4.69, 9.17) is 4.84 Å². The minimum Gasteiger partial charge on any atom is -0.381 e. The molecular weight excluding hydrogens is 345 g/mol. The van der Waals surface area contributed by atoms with Gasteiger partial charge in [-0.05, 0) is 24.3 Å². The molecule has 0 unspecified atom stereocenters. The zero-order valence-electron chi connectivity index (χ0n) is 13.0. The number of halogens is 1. The van der Waals surface area contributed by atoms with Gasteiger partial charge in [0.15, 0.2) is 0 Å². The van der Waals surface area contributed by atoms with Gasteiger partial charge in [-0.3, -0.25) is 19.7 Å². The molecule has 0 bridgehead atoms. The van der Waals surface area contributed by atoms with Gasteiger partial charge in [-0.1, -0.05) is 17.3 Å². The summed E-state index contributed by atoms with van der Waals surface area (Å²) in [4.78, 5) is 41.4. The number of carbonyl (C=O) groups excluding carboxylic acids is 2. The molecule has 2 atom stereocenters. The molecule has 0 saturated carbocycles. The summed E-state index contributed by atoms with van der Waals surface area (Å²) >= 11 is 0. The van der Waals surface area contributed by atoms with Gasteiger partial charge in [0.25, 0.3) is 11.6 Å². The van der Waals surface area contributed by atoms with Gasteiger partial charge in [0, 0.05) is 17.7 Å². The quantitative estimate of drug-likeness (QED) is 0.476. The maximum Gasteiger partial charge on any atom is 0.279 e. The third-order valence-corrected chi connectivity index (χ3v) is 4.28. The topological polar surface area (TPSA) is 102 Å². The molecule has 0 aromatic heterocycles. The Morgan fingerprint density at radius 2 is 1.77 bits per heavy atom. The number of nitro benzene ring substituents is 1. The van der Waals surface area contributed by atoms with Gasteiger partial charge >= 0.3 is 0 Å². The summed E-state index contributed by atoms with van der Waals surface area (Å²) in [6.45, 7) is 0. The standard InChI is InChI=1S/C17H10FN3O5/c18-11-3-1-2-4-12(11)20-16(22)13-14(19-26-15(13)17(20)23)9-5-7-10(8-6-9)21(24)25/h1-8,13,15H/t13-,15-/m1/s1. The Labute approximate surface area is 145 Å². The number of amides is 2. The lowest BCUT2D eigenvalue weighted by atomic mass is 9.94. The van der Waals surface area contributed by atoms with Crippen molar-refractivity contribution in [1.82, 2.24) is 0 Å². The summed E-state index contributed by atoms with van der Waals surface area (Å²) in [5.74, 6) is -3.09. The Morgan fingerprint density at radius 3 is 2.42 bits per heavy atom. The van der Waals surface area contributed by atoms with Crippen molar-refractivity contribution in [2.45, 2.75) is 6.10 Å². The maximum atomic E-state index is 14.0. The second-order valence-electron chi connectivity index (χ2n) is 5.75. The Kier molecular flexibility index (Phi) is 3.50. The van der Waals surface area contributed by atoms with Gasteiger partial charge in [0.2, 0.25) is 12.0 Å². The average molecular weight is 355 g/mol. The number of anilines is 1. The molecule has 8 nitrogen and oxygen atoms in total. The van der Waals surface area contributed by atoms with Crippen LogP contribution in [0.4, 0.5) is 15.8 Å². The largest absolute Gasteiger partial charge is 0.381 e. The molecule has 1 saturated heterocycles. The zero-order valence-corrected chi connectivity index (χ0v) is 13.0. The number of oxime groups is 1. The molecule has 2 aromatic rings. The van der Waals surface area contributed by atoms with E-state index in [1.807, 2.05) is 0 Å². The molecule has 2 aromatic carbocycles. The Bertz CT molecular complexity index is 973. The van der Waals surface area contributed by atoms with E-state index in [0.717, 1.165) is 11.0 Å². The van der Waals surface area contributed by atoms with Gasteiger partial charge in [0.05, 0.1) is 10.6 Å². The first kappa shape index (κ1) is 15.9. The van der Waals surface area contributed by atoms with Crippen LogP contribution in [0.2, 0.25) is 0 Å². The predicted octanol–water partition coefficient (Wildman–Crippen LogP) is 2.03. The molecule has 4 rings (SSSR count). The number of para-hydroxylation sites is 1. The van der Waals surface area contributed by atoms with Gasteiger partial charge in [-0.25, -0.2) is 9.29 Å². The Balaban J connectivity index is 1.69. The molecule has 0 radical (unpaired) electrons. The Hall–Kier alpha value is -3.62. The van der Waals surface area contributed by atoms with Crippen molar-refractivity contribution < 1.29 is 23.7 Å². The third-order valence-electron chi connectivity index (χ3n) is 4.28. The number of fused-ring (bicyclic) bond motifs is 1. The summed E-state index contributed by atoms with van der Waals surface area (Å²) in [5.41, 5.74) is 0.330. The lowest BCUT2D eigenvalue weighted by Crippen LogP contribution is -2.33. The summed E-state index contributed by atoms with van der Waals surface area (Å²) in [5, 5.41) is 14.6. The van der Waals surface area contributed by atoms with Crippen LogP contribution in [0.5, 0.6) is 0 Å². The van der Waals surface area contributed by atoms with E-state index >= 15 is 0 Å². The van der Waals surface area contributed by atoms with Crippen molar-refractivity contribution in [2.75, 3.05) is 4.90 Å². The molecule has 26 heavy (non-hydrogen) atoms. The number of hydrogen-bond acceptors (Lipinski definition) is 6. The fourth-order valence-corrected chi connectivity index (χ4v) is 3.04. The number of imide groups is 1. The van der Waals surface area contributed by atoms with Crippen LogP contribution in [-0.2, 0) is 14.4 Å². The summed E-state index contributed by atoms with van der Waals surface area (Å²) in [6, 6.07) is 10.8. The van der Waals surface area contributed by atoms with E-state index < -0.39 is 34.6 Å². The van der Waals surface area contributed by atoms with E-state index in [2.05, 4.69) is 5.16 Å². The number of rotatable bonds is 3. The van der Waals surface area contributed by atoms with E-state index in [1.54, 1.807) is 0 Å². The highest BCUT2D eigenvalue weighted by Gasteiger charge is 2.56. The van der Waals surface area contributed by atoms with Crippen molar-refractivity contribution in [3.63, 3.8) is 0 Å². The molecule has 9 heteroatoms. The predicted molar refractivity (Wildman–Crippen MR) is 86.9 cm³/mol. The fraction of sp³-hybridized carbons (Fsp3) is 0.118. The molecular formula is C17H10FN3O5. The van der Waals surface area contributed by atoms with Crippen LogP contribution in [0, 0.1) is 21.8 Å². The second kappa shape index (κ2) is 5.73. The average Bonchev–Trinajstić information content (AvgIpc) is 3.17. The van der Waals surface area contributed by atoms with Crippen LogP contribution in [0.15, 0.2) is 53.7 Å². The summed E-state index contributed by atoms with van der Waals surface area (Å²) in [7, 11) is 0. The van der Waals surface area contributed by atoms with E-state index in [9.17, 15) is 24.1 Å². The highest BCUT2D eigenvalue weighted by Crippen LogP contribution is 2.36. The van der Waals surface area contributed by atoms with E-state index in [-0.39, 0.29) is 17.1 Å². The van der Waals surface area contributed by atoms with Gasteiger partial charge in [-0.15, -0.1) is 0 Å². The molecule has 0 N–H and O–H groups in total. The zero-order chi connectivity index (χ0) is 18.4. The number of non-ortho nitro benzene ring substituents is 1. The number of nitro groups is 1. The molecule has 2 aliphatic rings. The molecule has 1 fully saturated rings. The summed E-state index contributed by atoms with van der Waals surface area (Å²) < 4.78 is 14.0. The van der Waals surface area contributed by atoms with E-state index in [0.29, 0.717) is 5.56 Å². The van der Waals surface area contributed by atoms with Crippen LogP contribution >= 0.6 is 0 Å². The van der Waals surface area contributed by atoms with Crippen LogP contribution in [-0.4, -0.2) is 28.6 Å². The highest BCUT2D eigenvalue weighted by molar-refractivity contribution is 6.32. The van der Waals surface area contributed by atoms with Crippen molar-refractivity contribution in [1.29, 1.82) is 0 Å². The third kappa shape index (κ3) is 2.25. The molecule has 2 amide bonds. The number of carbonyl (C=O) groups is 2. The number of hydrogen-bond donors (Lipinski definition) is 0. The lowest BCUT2D eigenvalue weighted by Gasteiger charge is -2.15. The number of nitrogens with zero attached hydrogens (tertiary/aromatic N) is 3. The molecule has 0 aliphatic carbocycles.